The number of methoxy groups -OCH3 is 1. The normalized spacial score (nSPS) is 16.5. The Kier molecular flexibility index (Phi) is 4.77. The molecule has 2 heterocycles. The Morgan fingerprint density at radius 3 is 2.79 bits per heavy atom. The zero-order chi connectivity index (χ0) is 17.1. The zero-order valence-electron chi connectivity index (χ0n) is 13.2. The highest BCUT2D eigenvalue weighted by atomic mass is 35.5. The minimum Gasteiger partial charge on any atom is -0.460 e. The molecule has 2 aromatic rings. The molecule has 3 rings (SSSR count). The Balaban J connectivity index is 2.00. The standard InChI is InChI=1S/C15H16ClN5O3/c1-9-12(14(22)24-8-7-23-2)13(10-3-5-11(16)6-4-10)21-15(17-9)18-19-20-21/h3-6,13H,7-8H2,1-2H3,(H,17,18,20)/t13-/m1/s1. The van der Waals surface area contributed by atoms with Crippen LogP contribution in [0.3, 0.4) is 0 Å². The molecule has 1 aliphatic heterocycles. The van der Waals surface area contributed by atoms with Gasteiger partial charge in [-0.3, -0.25) is 0 Å². The second-order valence-electron chi connectivity index (χ2n) is 5.19. The van der Waals surface area contributed by atoms with Gasteiger partial charge in [0.1, 0.15) is 12.6 Å². The second-order valence-corrected chi connectivity index (χ2v) is 5.63. The molecule has 0 bridgehead atoms. The van der Waals surface area contributed by atoms with Crippen LogP contribution in [0.25, 0.3) is 0 Å². The van der Waals surface area contributed by atoms with E-state index in [1.807, 2.05) is 12.1 Å². The fourth-order valence-electron chi connectivity index (χ4n) is 2.53. The summed E-state index contributed by atoms with van der Waals surface area (Å²) in [4.78, 5) is 12.6. The van der Waals surface area contributed by atoms with E-state index < -0.39 is 12.0 Å². The van der Waals surface area contributed by atoms with Crippen LogP contribution in [0.1, 0.15) is 18.5 Å². The van der Waals surface area contributed by atoms with Crippen LogP contribution in [0.15, 0.2) is 35.5 Å². The van der Waals surface area contributed by atoms with Gasteiger partial charge in [-0.15, -0.1) is 0 Å². The smallest absolute Gasteiger partial charge is 0.338 e. The molecular formula is C15H16ClN5O3. The molecule has 126 valence electrons. The lowest BCUT2D eigenvalue weighted by Crippen LogP contribution is -2.30. The minimum absolute atomic E-state index is 0.169. The average Bonchev–Trinajstić information content (AvgIpc) is 3.02. The van der Waals surface area contributed by atoms with Crippen LogP contribution >= 0.6 is 11.6 Å². The number of rotatable bonds is 5. The van der Waals surface area contributed by atoms with E-state index >= 15 is 0 Å². The number of fused-ring (bicyclic) bond motifs is 1. The van der Waals surface area contributed by atoms with Crippen LogP contribution in [-0.2, 0) is 14.3 Å². The molecule has 0 amide bonds. The number of anilines is 1. The fraction of sp³-hybridized carbons (Fsp3) is 0.333. The van der Waals surface area contributed by atoms with Gasteiger partial charge in [-0.25, -0.2) is 4.79 Å². The van der Waals surface area contributed by atoms with E-state index in [1.165, 1.54) is 0 Å². The molecule has 1 atom stereocenters. The van der Waals surface area contributed by atoms with Gasteiger partial charge >= 0.3 is 5.97 Å². The third-order valence-electron chi connectivity index (χ3n) is 3.64. The molecule has 24 heavy (non-hydrogen) atoms. The third-order valence-corrected chi connectivity index (χ3v) is 3.89. The van der Waals surface area contributed by atoms with E-state index in [0.29, 0.717) is 28.8 Å². The summed E-state index contributed by atoms with van der Waals surface area (Å²) in [6, 6.07) is 6.68. The number of halogens is 1. The highest BCUT2D eigenvalue weighted by molar-refractivity contribution is 6.30. The molecule has 0 radical (unpaired) electrons. The number of nitrogens with one attached hydrogen (secondary N) is 1. The van der Waals surface area contributed by atoms with Crippen LogP contribution in [-0.4, -0.2) is 46.5 Å². The van der Waals surface area contributed by atoms with Crippen LogP contribution in [0.4, 0.5) is 5.95 Å². The van der Waals surface area contributed by atoms with Crippen molar-refractivity contribution in [1.29, 1.82) is 0 Å². The molecule has 0 saturated carbocycles. The highest BCUT2D eigenvalue weighted by Gasteiger charge is 2.34. The van der Waals surface area contributed by atoms with E-state index in [4.69, 9.17) is 21.1 Å². The van der Waals surface area contributed by atoms with Gasteiger partial charge in [0.2, 0.25) is 5.95 Å². The Labute approximate surface area is 143 Å². The number of ether oxygens (including phenoxy) is 2. The largest absolute Gasteiger partial charge is 0.460 e. The zero-order valence-corrected chi connectivity index (χ0v) is 13.9. The van der Waals surface area contributed by atoms with Gasteiger partial charge in [0.05, 0.1) is 12.2 Å². The molecule has 8 nitrogen and oxygen atoms in total. The van der Waals surface area contributed by atoms with Crippen molar-refractivity contribution >= 4 is 23.5 Å². The number of carbonyl (C=O) groups is 1. The summed E-state index contributed by atoms with van der Waals surface area (Å²) < 4.78 is 11.7. The quantitative estimate of drug-likeness (QED) is 0.650. The molecule has 0 aliphatic carbocycles. The molecule has 0 fully saturated rings. The van der Waals surface area contributed by atoms with Crippen molar-refractivity contribution in [3.63, 3.8) is 0 Å². The maximum atomic E-state index is 12.6. The maximum absolute atomic E-state index is 12.6. The first-order valence-corrected chi connectivity index (χ1v) is 7.66. The molecule has 0 saturated heterocycles. The number of benzene rings is 1. The molecule has 0 spiro atoms. The summed E-state index contributed by atoms with van der Waals surface area (Å²) in [7, 11) is 1.55. The van der Waals surface area contributed by atoms with Crippen molar-refractivity contribution < 1.29 is 14.3 Å². The summed E-state index contributed by atoms with van der Waals surface area (Å²) in [5, 5.41) is 15.2. The Morgan fingerprint density at radius 1 is 1.33 bits per heavy atom. The molecule has 1 aromatic carbocycles. The van der Waals surface area contributed by atoms with Crippen molar-refractivity contribution in [3.05, 3.63) is 46.1 Å². The monoisotopic (exact) mass is 349 g/mol. The number of hydrogen-bond donors (Lipinski definition) is 1. The number of carbonyl (C=O) groups excluding carboxylic acids is 1. The molecular weight excluding hydrogens is 334 g/mol. The average molecular weight is 350 g/mol. The van der Waals surface area contributed by atoms with Crippen molar-refractivity contribution in [2.24, 2.45) is 0 Å². The van der Waals surface area contributed by atoms with Crippen LogP contribution in [0, 0.1) is 0 Å². The predicted octanol–water partition coefficient (Wildman–Crippen LogP) is 1.80. The van der Waals surface area contributed by atoms with Crippen molar-refractivity contribution in [3.8, 4) is 0 Å². The predicted molar refractivity (Wildman–Crippen MR) is 86.6 cm³/mol. The summed E-state index contributed by atoms with van der Waals surface area (Å²) in [5.74, 6) is 0.0130. The van der Waals surface area contributed by atoms with Gasteiger partial charge in [-0.05, 0) is 35.0 Å². The topological polar surface area (TPSA) is 91.2 Å². The number of allylic oxidation sites excluding steroid dienone is 1. The Bertz CT molecular complexity index is 772. The van der Waals surface area contributed by atoms with Gasteiger partial charge in [0.15, 0.2) is 0 Å². The van der Waals surface area contributed by atoms with Gasteiger partial charge in [0, 0.05) is 17.8 Å². The number of tetrazole rings is 1. The Morgan fingerprint density at radius 2 is 2.08 bits per heavy atom. The van der Waals surface area contributed by atoms with Crippen LogP contribution in [0.5, 0.6) is 0 Å². The third kappa shape index (κ3) is 3.10. The number of esters is 1. The first-order valence-electron chi connectivity index (χ1n) is 7.29. The van der Waals surface area contributed by atoms with Gasteiger partial charge in [-0.1, -0.05) is 28.8 Å². The van der Waals surface area contributed by atoms with E-state index in [0.717, 1.165) is 5.56 Å². The summed E-state index contributed by atoms with van der Waals surface area (Å²) >= 11 is 5.96. The lowest BCUT2D eigenvalue weighted by Gasteiger charge is -2.27. The first-order chi connectivity index (χ1) is 11.6. The maximum Gasteiger partial charge on any atom is 0.338 e. The summed E-state index contributed by atoms with van der Waals surface area (Å²) in [6.07, 6.45) is 0. The van der Waals surface area contributed by atoms with E-state index in [2.05, 4.69) is 20.8 Å². The molecule has 1 aliphatic rings. The van der Waals surface area contributed by atoms with Gasteiger partial charge in [0.25, 0.3) is 0 Å². The fourth-order valence-corrected chi connectivity index (χ4v) is 2.65. The number of nitrogens with zero attached hydrogens (tertiary/aromatic N) is 4. The minimum atomic E-state index is -0.497. The molecule has 0 unspecified atom stereocenters. The van der Waals surface area contributed by atoms with Gasteiger partial charge < -0.3 is 14.8 Å². The van der Waals surface area contributed by atoms with E-state index in [-0.39, 0.29) is 6.61 Å². The van der Waals surface area contributed by atoms with Crippen molar-refractivity contribution in [2.75, 3.05) is 25.6 Å². The molecule has 1 N–H and O–H groups in total. The number of aromatic nitrogens is 4. The van der Waals surface area contributed by atoms with Crippen molar-refractivity contribution in [2.45, 2.75) is 13.0 Å². The van der Waals surface area contributed by atoms with E-state index in [9.17, 15) is 4.79 Å². The van der Waals surface area contributed by atoms with Crippen LogP contribution in [0.2, 0.25) is 5.02 Å². The Hall–Kier alpha value is -2.45. The summed E-state index contributed by atoms with van der Waals surface area (Å²) in [5.41, 5.74) is 1.90. The SMILES string of the molecule is COCCOC(=O)C1=C(C)Nc2nnnn2[C@@H]1c1ccc(Cl)cc1. The number of hydrogen-bond acceptors (Lipinski definition) is 7. The second kappa shape index (κ2) is 6.98. The highest BCUT2D eigenvalue weighted by Crippen LogP contribution is 2.35. The summed E-state index contributed by atoms with van der Waals surface area (Å²) in [6.45, 7) is 2.28. The first kappa shape index (κ1) is 16.4. The van der Waals surface area contributed by atoms with Crippen LogP contribution < -0.4 is 5.32 Å². The van der Waals surface area contributed by atoms with E-state index in [1.54, 1.807) is 30.8 Å². The van der Waals surface area contributed by atoms with Crippen molar-refractivity contribution in [1.82, 2.24) is 20.2 Å². The lowest BCUT2D eigenvalue weighted by molar-refractivity contribution is -0.140. The lowest BCUT2D eigenvalue weighted by atomic mass is 9.96. The molecule has 9 heteroatoms. The van der Waals surface area contributed by atoms with Gasteiger partial charge in [-0.2, -0.15) is 4.68 Å². The molecule has 1 aromatic heterocycles.